The van der Waals surface area contributed by atoms with Gasteiger partial charge in [0.25, 0.3) is 0 Å². The van der Waals surface area contributed by atoms with Crippen LogP contribution < -0.4 is 4.90 Å². The third-order valence-corrected chi connectivity index (χ3v) is 2.10. The molecular weight excluding hydrogens is 190 g/mol. The van der Waals surface area contributed by atoms with E-state index in [1.165, 1.54) is 6.92 Å². The molecule has 1 heterocycles. The van der Waals surface area contributed by atoms with Crippen LogP contribution in [-0.2, 0) is 4.79 Å². The van der Waals surface area contributed by atoms with E-state index in [0.29, 0.717) is 5.56 Å². The molecule has 4 heteroatoms. The Morgan fingerprint density at radius 1 is 1.53 bits per heavy atom. The summed E-state index contributed by atoms with van der Waals surface area (Å²) in [6.07, 6.45) is 1.57. The minimum absolute atomic E-state index is 0.156. The average molecular weight is 203 g/mol. The Morgan fingerprint density at radius 3 is 2.53 bits per heavy atom. The molecule has 1 atom stereocenters. The quantitative estimate of drug-likeness (QED) is 0.744. The molecule has 1 unspecified atom stereocenters. The van der Waals surface area contributed by atoms with Gasteiger partial charge in [-0.25, -0.2) is 4.98 Å². The number of ketones is 1. The van der Waals surface area contributed by atoms with Gasteiger partial charge in [0.2, 0.25) is 0 Å². The van der Waals surface area contributed by atoms with Gasteiger partial charge in [-0.15, -0.1) is 0 Å². The second kappa shape index (κ2) is 4.56. The molecule has 0 aliphatic carbocycles. The first-order valence-electron chi connectivity index (χ1n) is 4.59. The molecule has 0 fully saturated rings. The Kier molecular flexibility index (Phi) is 3.40. The molecule has 0 saturated carbocycles. The first-order chi connectivity index (χ1) is 7.06. The molecule has 0 N–H and O–H groups in total. The number of Topliss-reactive ketones (excluding diaryl/α,β-unsaturated/α-hetero) is 1. The van der Waals surface area contributed by atoms with Crippen molar-refractivity contribution >= 4 is 11.6 Å². The molecule has 0 radical (unpaired) electrons. The van der Waals surface area contributed by atoms with E-state index < -0.39 is 5.92 Å². The molecule has 78 valence electrons. The van der Waals surface area contributed by atoms with Gasteiger partial charge in [-0.05, 0) is 18.6 Å². The van der Waals surface area contributed by atoms with Crippen molar-refractivity contribution in [3.63, 3.8) is 0 Å². The van der Waals surface area contributed by atoms with E-state index in [2.05, 4.69) is 4.98 Å². The molecule has 0 saturated heterocycles. The average Bonchev–Trinajstić information content (AvgIpc) is 2.19. The van der Waals surface area contributed by atoms with Crippen molar-refractivity contribution in [1.29, 1.82) is 5.26 Å². The monoisotopic (exact) mass is 203 g/mol. The van der Waals surface area contributed by atoms with E-state index in [4.69, 9.17) is 5.26 Å². The van der Waals surface area contributed by atoms with Crippen molar-refractivity contribution in [2.75, 3.05) is 19.0 Å². The maximum Gasteiger partial charge on any atom is 0.151 e. The van der Waals surface area contributed by atoms with Crippen LogP contribution in [0.5, 0.6) is 0 Å². The predicted octanol–water partition coefficient (Wildman–Crippen LogP) is 1.34. The molecule has 1 aromatic rings. The molecule has 15 heavy (non-hydrogen) atoms. The van der Waals surface area contributed by atoms with E-state index in [9.17, 15) is 4.79 Å². The Bertz CT molecular complexity index is 389. The molecule has 1 aromatic heterocycles. The molecule has 0 bridgehead atoms. The minimum Gasteiger partial charge on any atom is -0.363 e. The number of anilines is 1. The van der Waals surface area contributed by atoms with Crippen LogP contribution in [0.2, 0.25) is 0 Å². The lowest BCUT2D eigenvalue weighted by molar-refractivity contribution is -0.117. The molecular formula is C11H13N3O. The van der Waals surface area contributed by atoms with Gasteiger partial charge in [0.15, 0.2) is 5.78 Å². The molecule has 0 amide bonds. The number of aromatic nitrogens is 1. The fraction of sp³-hybridized carbons (Fsp3) is 0.364. The minimum atomic E-state index is -0.700. The third-order valence-electron chi connectivity index (χ3n) is 2.10. The lowest BCUT2D eigenvalue weighted by Crippen LogP contribution is -2.12. The number of nitriles is 1. The van der Waals surface area contributed by atoms with E-state index in [-0.39, 0.29) is 5.78 Å². The zero-order valence-corrected chi connectivity index (χ0v) is 9.06. The first kappa shape index (κ1) is 11.2. The number of hydrogen-bond acceptors (Lipinski definition) is 4. The Balaban J connectivity index is 2.98. The highest BCUT2D eigenvalue weighted by Crippen LogP contribution is 2.17. The topological polar surface area (TPSA) is 57.0 Å². The predicted molar refractivity (Wildman–Crippen MR) is 57.6 cm³/mol. The second-order valence-corrected chi connectivity index (χ2v) is 3.52. The first-order valence-corrected chi connectivity index (χ1v) is 4.59. The van der Waals surface area contributed by atoms with Crippen molar-refractivity contribution in [1.82, 2.24) is 4.98 Å². The van der Waals surface area contributed by atoms with E-state index in [1.807, 2.05) is 25.1 Å². The van der Waals surface area contributed by atoms with Crippen LogP contribution in [-0.4, -0.2) is 24.9 Å². The molecule has 0 spiro atoms. The van der Waals surface area contributed by atoms with Crippen molar-refractivity contribution in [3.05, 3.63) is 23.9 Å². The lowest BCUT2D eigenvalue weighted by atomic mass is 9.99. The van der Waals surface area contributed by atoms with Gasteiger partial charge in [0.05, 0.1) is 6.07 Å². The van der Waals surface area contributed by atoms with Crippen LogP contribution in [0, 0.1) is 11.3 Å². The normalized spacial score (nSPS) is 11.6. The summed E-state index contributed by atoms with van der Waals surface area (Å²) in [6, 6.07) is 5.52. The fourth-order valence-electron chi connectivity index (χ4n) is 1.23. The van der Waals surface area contributed by atoms with Gasteiger partial charge in [-0.1, -0.05) is 6.07 Å². The van der Waals surface area contributed by atoms with Gasteiger partial charge < -0.3 is 4.90 Å². The van der Waals surface area contributed by atoms with Crippen molar-refractivity contribution in [3.8, 4) is 6.07 Å². The number of hydrogen-bond donors (Lipinski definition) is 0. The molecule has 0 aromatic carbocycles. The Morgan fingerprint density at radius 2 is 2.20 bits per heavy atom. The van der Waals surface area contributed by atoms with Crippen LogP contribution >= 0.6 is 0 Å². The SMILES string of the molecule is CC(=O)C(C#N)c1ccc(N(C)C)nc1. The maximum absolute atomic E-state index is 11.1. The highest BCUT2D eigenvalue weighted by Gasteiger charge is 2.15. The summed E-state index contributed by atoms with van der Waals surface area (Å²) in [7, 11) is 3.77. The summed E-state index contributed by atoms with van der Waals surface area (Å²) in [4.78, 5) is 17.1. The number of carbonyl (C=O) groups is 1. The Labute approximate surface area is 89.2 Å². The standard InChI is InChI=1S/C11H13N3O/c1-8(15)10(6-12)9-4-5-11(13-7-9)14(2)3/h4-5,7,10H,1-3H3. The van der Waals surface area contributed by atoms with E-state index >= 15 is 0 Å². The van der Waals surface area contributed by atoms with Crippen LogP contribution in [0.1, 0.15) is 18.4 Å². The zero-order valence-electron chi connectivity index (χ0n) is 9.06. The highest BCUT2D eigenvalue weighted by atomic mass is 16.1. The molecule has 0 aliphatic heterocycles. The molecule has 1 rings (SSSR count). The van der Waals surface area contributed by atoms with E-state index in [1.54, 1.807) is 18.3 Å². The van der Waals surface area contributed by atoms with Crippen LogP contribution in [0.3, 0.4) is 0 Å². The van der Waals surface area contributed by atoms with Crippen molar-refractivity contribution in [2.45, 2.75) is 12.8 Å². The second-order valence-electron chi connectivity index (χ2n) is 3.52. The van der Waals surface area contributed by atoms with Gasteiger partial charge in [-0.3, -0.25) is 4.79 Å². The van der Waals surface area contributed by atoms with Gasteiger partial charge in [-0.2, -0.15) is 5.26 Å². The van der Waals surface area contributed by atoms with E-state index in [0.717, 1.165) is 5.82 Å². The van der Waals surface area contributed by atoms with Gasteiger partial charge in [0, 0.05) is 20.3 Å². The number of rotatable bonds is 3. The smallest absolute Gasteiger partial charge is 0.151 e. The summed E-state index contributed by atoms with van der Waals surface area (Å²) < 4.78 is 0. The number of nitrogens with zero attached hydrogens (tertiary/aromatic N) is 3. The van der Waals surface area contributed by atoms with Crippen LogP contribution in [0.25, 0.3) is 0 Å². The highest BCUT2D eigenvalue weighted by molar-refractivity contribution is 5.86. The summed E-state index contributed by atoms with van der Waals surface area (Å²) in [5, 5.41) is 8.82. The van der Waals surface area contributed by atoms with Gasteiger partial charge >= 0.3 is 0 Å². The Hall–Kier alpha value is -1.89. The molecule has 0 aliphatic rings. The van der Waals surface area contributed by atoms with Gasteiger partial charge in [0.1, 0.15) is 11.7 Å². The summed E-state index contributed by atoms with van der Waals surface area (Å²) in [5.74, 6) is -0.0513. The van der Waals surface area contributed by atoms with Crippen molar-refractivity contribution < 1.29 is 4.79 Å². The summed E-state index contributed by atoms with van der Waals surface area (Å²) in [6.45, 7) is 1.41. The largest absolute Gasteiger partial charge is 0.363 e. The zero-order chi connectivity index (χ0) is 11.4. The maximum atomic E-state index is 11.1. The fourth-order valence-corrected chi connectivity index (χ4v) is 1.23. The van der Waals surface area contributed by atoms with Crippen molar-refractivity contribution in [2.24, 2.45) is 0 Å². The molecule has 4 nitrogen and oxygen atoms in total. The van der Waals surface area contributed by atoms with Crippen LogP contribution in [0.15, 0.2) is 18.3 Å². The number of carbonyl (C=O) groups excluding carboxylic acids is 1. The lowest BCUT2D eigenvalue weighted by Gasteiger charge is -2.12. The summed E-state index contributed by atoms with van der Waals surface area (Å²) in [5.41, 5.74) is 0.649. The number of pyridine rings is 1. The summed E-state index contributed by atoms with van der Waals surface area (Å²) >= 11 is 0. The van der Waals surface area contributed by atoms with Crippen LogP contribution in [0.4, 0.5) is 5.82 Å². The third kappa shape index (κ3) is 2.53.